The molecule has 1 N–H and O–H groups in total. The topological polar surface area (TPSA) is 75.5 Å². The number of hydrogen-bond acceptors (Lipinski definition) is 6. The molecule has 2 heterocycles. The highest BCUT2D eigenvalue weighted by molar-refractivity contribution is 5.86. The van der Waals surface area contributed by atoms with E-state index in [0.717, 1.165) is 31.7 Å². The molecule has 2 rings (SSSR count). The SMILES string of the molecule is COC(=O)c1cnc(N2CCC(CCO)C2)cn1. The Bertz CT molecular complexity index is 408. The number of aliphatic hydroxyl groups excluding tert-OH is 1. The van der Waals surface area contributed by atoms with Gasteiger partial charge in [-0.1, -0.05) is 0 Å². The van der Waals surface area contributed by atoms with E-state index in [1.54, 1.807) is 6.20 Å². The van der Waals surface area contributed by atoms with E-state index < -0.39 is 5.97 Å². The molecule has 1 fully saturated rings. The Morgan fingerprint density at radius 3 is 3.00 bits per heavy atom. The Morgan fingerprint density at radius 1 is 1.56 bits per heavy atom. The highest BCUT2D eigenvalue weighted by Gasteiger charge is 2.23. The second kappa shape index (κ2) is 5.77. The number of carbonyl (C=O) groups is 1. The minimum absolute atomic E-state index is 0.215. The minimum Gasteiger partial charge on any atom is -0.464 e. The summed E-state index contributed by atoms with van der Waals surface area (Å²) in [5.41, 5.74) is 0.215. The van der Waals surface area contributed by atoms with Gasteiger partial charge in [0.05, 0.1) is 19.5 Å². The summed E-state index contributed by atoms with van der Waals surface area (Å²) < 4.78 is 4.57. The van der Waals surface area contributed by atoms with Gasteiger partial charge >= 0.3 is 5.97 Å². The predicted octanol–water partition coefficient (Wildman–Crippen LogP) is 0.472. The van der Waals surface area contributed by atoms with Gasteiger partial charge in [0.15, 0.2) is 5.69 Å². The molecule has 0 saturated carbocycles. The normalized spacial score (nSPS) is 19.0. The number of ether oxygens (including phenoxy) is 1. The minimum atomic E-state index is -0.478. The second-order valence-corrected chi connectivity index (χ2v) is 4.36. The van der Waals surface area contributed by atoms with E-state index in [4.69, 9.17) is 5.11 Å². The second-order valence-electron chi connectivity index (χ2n) is 4.36. The lowest BCUT2D eigenvalue weighted by Crippen LogP contribution is -2.21. The van der Waals surface area contributed by atoms with Gasteiger partial charge < -0.3 is 14.7 Å². The monoisotopic (exact) mass is 251 g/mol. The highest BCUT2D eigenvalue weighted by atomic mass is 16.5. The summed E-state index contributed by atoms with van der Waals surface area (Å²) in [6.45, 7) is 2.02. The maximum absolute atomic E-state index is 11.2. The van der Waals surface area contributed by atoms with E-state index in [-0.39, 0.29) is 12.3 Å². The maximum Gasteiger partial charge on any atom is 0.358 e. The van der Waals surface area contributed by atoms with Gasteiger partial charge in [0, 0.05) is 19.7 Å². The first-order valence-corrected chi connectivity index (χ1v) is 6.00. The van der Waals surface area contributed by atoms with Gasteiger partial charge in [0.1, 0.15) is 5.82 Å². The number of esters is 1. The van der Waals surface area contributed by atoms with Gasteiger partial charge in [-0.2, -0.15) is 0 Å². The zero-order chi connectivity index (χ0) is 13.0. The Balaban J connectivity index is 2.00. The lowest BCUT2D eigenvalue weighted by Gasteiger charge is -2.16. The number of aromatic nitrogens is 2. The first kappa shape index (κ1) is 12.8. The molecule has 0 aromatic carbocycles. The van der Waals surface area contributed by atoms with Gasteiger partial charge in [-0.05, 0) is 18.8 Å². The fourth-order valence-electron chi connectivity index (χ4n) is 2.15. The van der Waals surface area contributed by atoms with Gasteiger partial charge in [0.25, 0.3) is 0 Å². The van der Waals surface area contributed by atoms with Crippen molar-refractivity contribution in [3.05, 3.63) is 18.1 Å². The maximum atomic E-state index is 11.2. The standard InChI is InChI=1S/C12H17N3O3/c1-18-12(17)10-6-14-11(7-13-10)15-4-2-9(8-15)3-5-16/h6-7,9,16H,2-5,8H2,1H3. The summed E-state index contributed by atoms with van der Waals surface area (Å²) in [5.74, 6) is 0.800. The Labute approximate surface area is 106 Å². The fraction of sp³-hybridized carbons (Fsp3) is 0.583. The number of hydrogen-bond donors (Lipinski definition) is 1. The number of rotatable bonds is 4. The molecular weight excluding hydrogens is 234 g/mol. The van der Waals surface area contributed by atoms with Crippen LogP contribution in [0.25, 0.3) is 0 Å². The molecule has 0 aliphatic carbocycles. The van der Waals surface area contributed by atoms with Gasteiger partial charge in [-0.15, -0.1) is 0 Å². The third kappa shape index (κ3) is 2.76. The highest BCUT2D eigenvalue weighted by Crippen LogP contribution is 2.23. The summed E-state index contributed by atoms with van der Waals surface area (Å²) in [7, 11) is 1.32. The molecule has 0 bridgehead atoms. The van der Waals surface area contributed by atoms with Gasteiger partial charge in [-0.3, -0.25) is 0 Å². The quantitative estimate of drug-likeness (QED) is 0.784. The molecule has 98 valence electrons. The van der Waals surface area contributed by atoms with Crippen LogP contribution in [0.1, 0.15) is 23.3 Å². The molecule has 0 radical (unpaired) electrons. The van der Waals surface area contributed by atoms with Crippen molar-refractivity contribution in [1.29, 1.82) is 0 Å². The van der Waals surface area contributed by atoms with Crippen LogP contribution in [0, 0.1) is 5.92 Å². The molecule has 0 spiro atoms. The van der Waals surface area contributed by atoms with Crippen molar-refractivity contribution in [1.82, 2.24) is 9.97 Å². The molecule has 1 aromatic rings. The predicted molar refractivity (Wildman–Crippen MR) is 65.4 cm³/mol. The van der Waals surface area contributed by atoms with Crippen molar-refractivity contribution in [2.24, 2.45) is 5.92 Å². The first-order chi connectivity index (χ1) is 8.74. The molecule has 1 atom stereocenters. The van der Waals surface area contributed by atoms with Crippen LogP contribution in [0.4, 0.5) is 5.82 Å². The van der Waals surface area contributed by atoms with Crippen LogP contribution in [0.5, 0.6) is 0 Å². The van der Waals surface area contributed by atoms with Crippen molar-refractivity contribution in [3.63, 3.8) is 0 Å². The summed E-state index contributed by atoms with van der Waals surface area (Å²) >= 11 is 0. The van der Waals surface area contributed by atoms with E-state index in [9.17, 15) is 4.79 Å². The largest absolute Gasteiger partial charge is 0.464 e. The third-order valence-electron chi connectivity index (χ3n) is 3.18. The summed E-state index contributed by atoms with van der Waals surface area (Å²) in [4.78, 5) is 21.6. The molecule has 6 heteroatoms. The average molecular weight is 251 g/mol. The van der Waals surface area contributed by atoms with Crippen LogP contribution >= 0.6 is 0 Å². The molecular formula is C12H17N3O3. The van der Waals surface area contributed by atoms with E-state index in [1.807, 2.05) is 0 Å². The van der Waals surface area contributed by atoms with Crippen molar-refractivity contribution in [3.8, 4) is 0 Å². The lowest BCUT2D eigenvalue weighted by atomic mass is 10.1. The fourth-order valence-corrected chi connectivity index (χ4v) is 2.15. The van der Waals surface area contributed by atoms with E-state index in [0.29, 0.717) is 5.92 Å². The van der Waals surface area contributed by atoms with Crippen LogP contribution < -0.4 is 4.90 Å². The van der Waals surface area contributed by atoms with E-state index >= 15 is 0 Å². The average Bonchev–Trinajstić information content (AvgIpc) is 2.87. The Hall–Kier alpha value is -1.69. The van der Waals surface area contributed by atoms with Gasteiger partial charge in [-0.25, -0.2) is 14.8 Å². The van der Waals surface area contributed by atoms with E-state index in [2.05, 4.69) is 19.6 Å². The zero-order valence-corrected chi connectivity index (χ0v) is 10.4. The number of aliphatic hydroxyl groups is 1. The van der Waals surface area contributed by atoms with Crippen LogP contribution in [-0.4, -0.2) is 47.8 Å². The Kier molecular flexibility index (Phi) is 4.09. The van der Waals surface area contributed by atoms with Crippen LogP contribution in [-0.2, 0) is 4.74 Å². The molecule has 0 amide bonds. The number of anilines is 1. The van der Waals surface area contributed by atoms with Crippen LogP contribution in [0.15, 0.2) is 12.4 Å². The molecule has 1 unspecified atom stereocenters. The summed E-state index contributed by atoms with van der Waals surface area (Å²) in [5, 5.41) is 8.91. The van der Waals surface area contributed by atoms with Crippen LogP contribution in [0.3, 0.4) is 0 Å². The van der Waals surface area contributed by atoms with Crippen molar-refractivity contribution in [2.45, 2.75) is 12.8 Å². The van der Waals surface area contributed by atoms with Crippen LogP contribution in [0.2, 0.25) is 0 Å². The van der Waals surface area contributed by atoms with Crippen molar-refractivity contribution >= 4 is 11.8 Å². The number of methoxy groups -OCH3 is 1. The molecule has 1 aliphatic rings. The van der Waals surface area contributed by atoms with Crippen molar-refractivity contribution < 1.29 is 14.6 Å². The lowest BCUT2D eigenvalue weighted by molar-refractivity contribution is 0.0593. The first-order valence-electron chi connectivity index (χ1n) is 6.00. The molecule has 6 nitrogen and oxygen atoms in total. The Morgan fingerprint density at radius 2 is 2.39 bits per heavy atom. The third-order valence-corrected chi connectivity index (χ3v) is 3.18. The summed E-state index contributed by atoms with van der Waals surface area (Å²) in [6.07, 6.45) is 4.90. The zero-order valence-electron chi connectivity index (χ0n) is 10.4. The molecule has 1 saturated heterocycles. The summed E-state index contributed by atoms with van der Waals surface area (Å²) in [6, 6.07) is 0. The number of nitrogens with zero attached hydrogens (tertiary/aromatic N) is 3. The van der Waals surface area contributed by atoms with Crippen molar-refractivity contribution in [2.75, 3.05) is 31.7 Å². The van der Waals surface area contributed by atoms with E-state index in [1.165, 1.54) is 13.3 Å². The van der Waals surface area contributed by atoms with Gasteiger partial charge in [0.2, 0.25) is 0 Å². The molecule has 1 aromatic heterocycles. The molecule has 1 aliphatic heterocycles. The molecule has 18 heavy (non-hydrogen) atoms. The smallest absolute Gasteiger partial charge is 0.358 e. The number of carbonyl (C=O) groups excluding carboxylic acids is 1.